The van der Waals surface area contributed by atoms with Crippen LogP contribution >= 0.6 is 0 Å². The molecule has 0 amide bonds. The Morgan fingerprint density at radius 3 is 2.24 bits per heavy atom. The molecular formula is C41H40N4O. The van der Waals surface area contributed by atoms with Gasteiger partial charge in [0.25, 0.3) is 0 Å². The molecular weight excluding hydrogens is 564 g/mol. The van der Waals surface area contributed by atoms with E-state index in [1.54, 1.807) is 0 Å². The quantitative estimate of drug-likeness (QED) is 0.182. The Morgan fingerprint density at radius 1 is 0.739 bits per heavy atom. The highest BCUT2D eigenvalue weighted by Crippen LogP contribution is 2.38. The van der Waals surface area contributed by atoms with Gasteiger partial charge in [0.2, 0.25) is 0 Å². The minimum Gasteiger partial charge on any atom is -0.457 e. The van der Waals surface area contributed by atoms with E-state index < -0.39 is 0 Å². The zero-order chi connectivity index (χ0) is 32.0. The molecule has 0 N–H and O–H groups in total. The molecule has 230 valence electrons. The number of rotatable bonds is 7. The summed E-state index contributed by atoms with van der Waals surface area (Å²) in [5, 5.41) is 7.61. The Balaban J connectivity index is 1.32. The van der Waals surface area contributed by atoms with Crippen molar-refractivity contribution >= 4 is 21.8 Å². The first-order valence-electron chi connectivity index (χ1n) is 16.1. The third-order valence-electron chi connectivity index (χ3n) is 8.39. The molecule has 46 heavy (non-hydrogen) atoms. The second-order valence-corrected chi connectivity index (χ2v) is 13.7. The van der Waals surface area contributed by atoms with Gasteiger partial charge in [-0.2, -0.15) is 5.10 Å². The summed E-state index contributed by atoms with van der Waals surface area (Å²) >= 11 is 0. The first-order chi connectivity index (χ1) is 22.2. The van der Waals surface area contributed by atoms with Gasteiger partial charge in [0.1, 0.15) is 17.3 Å². The van der Waals surface area contributed by atoms with Crippen molar-refractivity contribution < 1.29 is 4.74 Å². The van der Waals surface area contributed by atoms with Crippen LogP contribution in [0.25, 0.3) is 44.4 Å². The molecule has 0 radical (unpaired) electrons. The predicted octanol–water partition coefficient (Wildman–Crippen LogP) is 10.8. The van der Waals surface area contributed by atoms with Crippen LogP contribution < -0.4 is 4.74 Å². The van der Waals surface area contributed by atoms with Gasteiger partial charge in [0.05, 0.1) is 28.1 Å². The molecule has 3 heterocycles. The van der Waals surface area contributed by atoms with Gasteiger partial charge in [0, 0.05) is 34.7 Å². The number of pyridine rings is 1. The number of ether oxygens (including phenoxy) is 1. The van der Waals surface area contributed by atoms with E-state index >= 15 is 0 Å². The third-order valence-corrected chi connectivity index (χ3v) is 8.39. The first-order valence-corrected chi connectivity index (χ1v) is 16.1. The Labute approximate surface area is 271 Å². The summed E-state index contributed by atoms with van der Waals surface area (Å²) in [4.78, 5) is 4.73. The molecule has 4 aromatic carbocycles. The van der Waals surface area contributed by atoms with E-state index in [-0.39, 0.29) is 11.3 Å². The number of aryl methyl sites for hydroxylation is 1. The van der Waals surface area contributed by atoms with Crippen LogP contribution in [0.2, 0.25) is 0 Å². The van der Waals surface area contributed by atoms with Gasteiger partial charge in [-0.25, -0.2) is 9.67 Å². The van der Waals surface area contributed by atoms with Crippen molar-refractivity contribution in [1.29, 1.82) is 0 Å². The van der Waals surface area contributed by atoms with Crippen LogP contribution in [0.3, 0.4) is 0 Å². The molecule has 3 aromatic heterocycles. The largest absolute Gasteiger partial charge is 0.457 e. The number of para-hydroxylation sites is 1. The standard InChI is InChI=1S/C41H40N4O/c1-27(2)40-39(29-13-8-7-9-14-29)37(26-41(4,5)6)45(43-40)30-15-12-16-31(24-30)46-32-19-20-34-33-17-10-11-18-35(33)44(36(34)25-32)38-23-28(3)21-22-42-38/h7-25,27H,26H2,1-6H3. The Hall–Kier alpha value is -5.16. The van der Waals surface area contributed by atoms with Crippen molar-refractivity contribution in [3.05, 3.63) is 132 Å². The number of nitrogens with zero attached hydrogens (tertiary/aromatic N) is 4. The Bertz CT molecular complexity index is 2180. The molecule has 0 saturated heterocycles. The number of fused-ring (bicyclic) bond motifs is 3. The van der Waals surface area contributed by atoms with E-state index in [1.807, 2.05) is 18.3 Å². The molecule has 0 saturated carbocycles. The van der Waals surface area contributed by atoms with Crippen LogP contribution in [-0.4, -0.2) is 19.3 Å². The molecule has 0 unspecified atom stereocenters. The SMILES string of the molecule is Cc1ccnc(-n2c3ccccc3c3ccc(Oc4cccc(-n5nc(C(C)C)c(-c6ccccc6)c5CC(C)(C)C)c4)cc32)c1. The third kappa shape index (κ3) is 5.58. The second kappa shape index (κ2) is 11.6. The molecule has 0 aliphatic rings. The lowest BCUT2D eigenvalue weighted by Gasteiger charge is -2.21. The summed E-state index contributed by atoms with van der Waals surface area (Å²) in [7, 11) is 0. The maximum absolute atomic E-state index is 6.59. The van der Waals surface area contributed by atoms with Crippen LogP contribution in [-0.2, 0) is 6.42 Å². The maximum atomic E-state index is 6.59. The summed E-state index contributed by atoms with van der Waals surface area (Å²) < 4.78 is 11.0. The lowest BCUT2D eigenvalue weighted by Crippen LogP contribution is -2.14. The normalized spacial score (nSPS) is 12.0. The van der Waals surface area contributed by atoms with E-state index in [2.05, 4.69) is 148 Å². The van der Waals surface area contributed by atoms with Gasteiger partial charge in [-0.15, -0.1) is 0 Å². The molecule has 5 nitrogen and oxygen atoms in total. The zero-order valence-electron chi connectivity index (χ0n) is 27.5. The molecule has 0 aliphatic heterocycles. The summed E-state index contributed by atoms with van der Waals surface area (Å²) in [6.07, 6.45) is 2.75. The Kier molecular flexibility index (Phi) is 7.48. The minimum atomic E-state index is 0.0731. The molecule has 0 atom stereocenters. The fourth-order valence-corrected chi connectivity index (χ4v) is 6.39. The summed E-state index contributed by atoms with van der Waals surface area (Å²) in [5.41, 5.74) is 9.17. The van der Waals surface area contributed by atoms with Gasteiger partial charge in [-0.05, 0) is 78.3 Å². The van der Waals surface area contributed by atoms with E-state index in [9.17, 15) is 0 Å². The van der Waals surface area contributed by atoms with E-state index in [4.69, 9.17) is 14.8 Å². The summed E-state index contributed by atoms with van der Waals surface area (Å²) in [6, 6.07) is 37.9. The van der Waals surface area contributed by atoms with E-state index in [0.29, 0.717) is 0 Å². The maximum Gasteiger partial charge on any atom is 0.137 e. The summed E-state index contributed by atoms with van der Waals surface area (Å²) in [5.74, 6) is 2.70. The molecule has 0 bridgehead atoms. The van der Waals surface area contributed by atoms with Gasteiger partial charge >= 0.3 is 0 Å². The highest BCUT2D eigenvalue weighted by Gasteiger charge is 2.26. The van der Waals surface area contributed by atoms with Crippen molar-refractivity contribution in [2.24, 2.45) is 5.41 Å². The molecule has 0 aliphatic carbocycles. The Morgan fingerprint density at radius 2 is 1.48 bits per heavy atom. The highest BCUT2D eigenvalue weighted by molar-refractivity contribution is 6.09. The number of hydrogen-bond donors (Lipinski definition) is 0. The van der Waals surface area contributed by atoms with Gasteiger partial charge in [-0.1, -0.05) is 89.2 Å². The van der Waals surface area contributed by atoms with Crippen LogP contribution in [0.15, 0.2) is 115 Å². The van der Waals surface area contributed by atoms with Crippen molar-refractivity contribution in [2.75, 3.05) is 0 Å². The molecule has 5 heteroatoms. The lowest BCUT2D eigenvalue weighted by atomic mass is 9.86. The van der Waals surface area contributed by atoms with Crippen LogP contribution in [0, 0.1) is 12.3 Å². The second-order valence-electron chi connectivity index (χ2n) is 13.7. The molecule has 0 spiro atoms. The number of benzene rings is 4. The smallest absolute Gasteiger partial charge is 0.137 e. The molecule has 7 rings (SSSR count). The first kappa shape index (κ1) is 29.5. The topological polar surface area (TPSA) is 44.9 Å². The number of hydrogen-bond acceptors (Lipinski definition) is 3. The van der Waals surface area contributed by atoms with Gasteiger partial charge < -0.3 is 4.74 Å². The average Bonchev–Trinajstić information content (AvgIpc) is 3.56. The number of aromatic nitrogens is 4. The van der Waals surface area contributed by atoms with Crippen molar-refractivity contribution in [2.45, 2.75) is 53.9 Å². The van der Waals surface area contributed by atoms with Crippen molar-refractivity contribution in [1.82, 2.24) is 19.3 Å². The van der Waals surface area contributed by atoms with E-state index in [1.165, 1.54) is 27.8 Å². The van der Waals surface area contributed by atoms with E-state index in [0.717, 1.165) is 51.5 Å². The monoisotopic (exact) mass is 604 g/mol. The van der Waals surface area contributed by atoms with Crippen molar-refractivity contribution in [3.8, 4) is 34.1 Å². The minimum absolute atomic E-state index is 0.0731. The van der Waals surface area contributed by atoms with Crippen LogP contribution in [0.4, 0.5) is 0 Å². The van der Waals surface area contributed by atoms with Gasteiger partial charge in [0.15, 0.2) is 0 Å². The van der Waals surface area contributed by atoms with Crippen molar-refractivity contribution in [3.63, 3.8) is 0 Å². The molecule has 0 fully saturated rings. The molecule has 7 aromatic rings. The fourth-order valence-electron chi connectivity index (χ4n) is 6.39. The summed E-state index contributed by atoms with van der Waals surface area (Å²) in [6.45, 7) is 13.4. The van der Waals surface area contributed by atoms with Crippen LogP contribution in [0.1, 0.15) is 57.5 Å². The van der Waals surface area contributed by atoms with Gasteiger partial charge in [-0.3, -0.25) is 4.57 Å². The lowest BCUT2D eigenvalue weighted by molar-refractivity contribution is 0.402. The fraction of sp³-hybridized carbons (Fsp3) is 0.220. The zero-order valence-corrected chi connectivity index (χ0v) is 27.5. The highest BCUT2D eigenvalue weighted by atomic mass is 16.5. The van der Waals surface area contributed by atoms with Crippen LogP contribution in [0.5, 0.6) is 11.5 Å². The predicted molar refractivity (Wildman–Crippen MR) is 190 cm³/mol. The average molecular weight is 605 g/mol.